The molecule has 0 saturated carbocycles. The maximum absolute atomic E-state index is 8.81. The van der Waals surface area contributed by atoms with Crippen LogP contribution in [-0.4, -0.2) is 54.1 Å². The van der Waals surface area contributed by atoms with Gasteiger partial charge in [-0.3, -0.25) is 0 Å². The molecule has 76 valence electrons. The largest absolute Gasteiger partial charge is 0.409 e. The van der Waals surface area contributed by atoms with Crippen LogP contribution in [0, 0.1) is 0 Å². The second-order valence-electron chi connectivity index (χ2n) is 3.56. The van der Waals surface area contributed by atoms with Gasteiger partial charge in [-0.05, 0) is 13.5 Å². The average Bonchev–Trinajstić information content (AvgIpc) is 2.16. The van der Waals surface area contributed by atoms with Gasteiger partial charge in [-0.25, -0.2) is 0 Å². The average molecular weight is 185 g/mol. The standard InChI is InChI=1S/C9H19N3O/c1-3-4-9(10-13)12-7-5-11(2)6-8-12/h13H,3-8H2,1-2H3. The number of hydrogen-bond donors (Lipinski definition) is 1. The summed E-state index contributed by atoms with van der Waals surface area (Å²) in [6.45, 7) is 6.18. The van der Waals surface area contributed by atoms with Gasteiger partial charge >= 0.3 is 0 Å². The van der Waals surface area contributed by atoms with Crippen molar-refractivity contribution in [1.82, 2.24) is 9.80 Å². The third-order valence-corrected chi connectivity index (χ3v) is 2.46. The Morgan fingerprint density at radius 1 is 1.31 bits per heavy atom. The first kappa shape index (κ1) is 10.3. The highest BCUT2D eigenvalue weighted by Gasteiger charge is 2.16. The summed E-state index contributed by atoms with van der Waals surface area (Å²) in [5.41, 5.74) is 0. The number of rotatable bonds is 2. The first-order valence-electron chi connectivity index (χ1n) is 4.92. The first-order valence-corrected chi connectivity index (χ1v) is 4.92. The fraction of sp³-hybridized carbons (Fsp3) is 0.889. The summed E-state index contributed by atoms with van der Waals surface area (Å²) in [6.07, 6.45) is 1.91. The molecule has 4 nitrogen and oxygen atoms in total. The Morgan fingerprint density at radius 2 is 1.92 bits per heavy atom. The summed E-state index contributed by atoms with van der Waals surface area (Å²) in [4.78, 5) is 4.46. The Bertz CT molecular complexity index is 174. The molecule has 4 heteroatoms. The van der Waals surface area contributed by atoms with E-state index in [0.29, 0.717) is 0 Å². The number of likely N-dealkylation sites (N-methyl/N-ethyl adjacent to an activating group) is 1. The Balaban J connectivity index is 2.42. The number of hydrogen-bond acceptors (Lipinski definition) is 3. The molecule has 1 aliphatic rings. The van der Waals surface area contributed by atoms with Crippen LogP contribution in [0.4, 0.5) is 0 Å². The molecule has 0 unspecified atom stereocenters. The third kappa shape index (κ3) is 2.88. The van der Waals surface area contributed by atoms with E-state index in [2.05, 4.69) is 28.9 Å². The van der Waals surface area contributed by atoms with Gasteiger partial charge in [-0.1, -0.05) is 12.1 Å². The maximum atomic E-state index is 8.81. The molecule has 0 aromatic rings. The molecule has 1 fully saturated rings. The van der Waals surface area contributed by atoms with E-state index in [1.54, 1.807) is 0 Å². The monoisotopic (exact) mass is 185 g/mol. The van der Waals surface area contributed by atoms with E-state index < -0.39 is 0 Å². The van der Waals surface area contributed by atoms with Gasteiger partial charge < -0.3 is 15.0 Å². The van der Waals surface area contributed by atoms with Crippen molar-refractivity contribution in [2.75, 3.05) is 33.2 Å². The quantitative estimate of drug-likeness (QED) is 0.300. The smallest absolute Gasteiger partial charge is 0.144 e. The summed E-state index contributed by atoms with van der Waals surface area (Å²) < 4.78 is 0. The minimum Gasteiger partial charge on any atom is -0.409 e. The fourth-order valence-corrected chi connectivity index (χ4v) is 1.56. The van der Waals surface area contributed by atoms with Gasteiger partial charge in [0.05, 0.1) is 0 Å². The predicted octanol–water partition coefficient (Wildman–Crippen LogP) is 0.822. The van der Waals surface area contributed by atoms with Crippen LogP contribution < -0.4 is 0 Å². The van der Waals surface area contributed by atoms with Gasteiger partial charge in [0.2, 0.25) is 0 Å². The van der Waals surface area contributed by atoms with Crippen LogP contribution >= 0.6 is 0 Å². The van der Waals surface area contributed by atoms with Crippen molar-refractivity contribution < 1.29 is 5.21 Å². The Labute approximate surface area is 79.8 Å². The van der Waals surface area contributed by atoms with E-state index in [1.807, 2.05) is 0 Å². The molecule has 1 saturated heterocycles. The van der Waals surface area contributed by atoms with Crippen molar-refractivity contribution >= 4 is 5.84 Å². The van der Waals surface area contributed by atoms with E-state index >= 15 is 0 Å². The van der Waals surface area contributed by atoms with Gasteiger partial charge in [0.25, 0.3) is 0 Å². The molecular weight excluding hydrogens is 166 g/mol. The van der Waals surface area contributed by atoms with Crippen LogP contribution in [0.5, 0.6) is 0 Å². The summed E-state index contributed by atoms with van der Waals surface area (Å²) in [6, 6.07) is 0. The van der Waals surface area contributed by atoms with E-state index in [4.69, 9.17) is 5.21 Å². The van der Waals surface area contributed by atoms with E-state index in [-0.39, 0.29) is 0 Å². The summed E-state index contributed by atoms with van der Waals surface area (Å²) >= 11 is 0. The van der Waals surface area contributed by atoms with Gasteiger partial charge in [0, 0.05) is 32.6 Å². The molecule has 0 aromatic heterocycles. The molecule has 1 rings (SSSR count). The molecule has 0 spiro atoms. The van der Waals surface area contributed by atoms with Crippen molar-refractivity contribution in [1.29, 1.82) is 0 Å². The summed E-state index contributed by atoms with van der Waals surface area (Å²) in [5.74, 6) is 0.843. The predicted molar refractivity (Wildman–Crippen MR) is 53.2 cm³/mol. The summed E-state index contributed by atoms with van der Waals surface area (Å²) in [7, 11) is 2.12. The van der Waals surface area contributed by atoms with Crippen LogP contribution in [0.2, 0.25) is 0 Å². The Hall–Kier alpha value is -0.770. The second-order valence-corrected chi connectivity index (χ2v) is 3.56. The summed E-state index contributed by atoms with van der Waals surface area (Å²) in [5, 5.41) is 12.2. The molecule has 0 bridgehead atoms. The van der Waals surface area contributed by atoms with Crippen LogP contribution in [0.25, 0.3) is 0 Å². The maximum Gasteiger partial charge on any atom is 0.144 e. The lowest BCUT2D eigenvalue weighted by Crippen LogP contribution is -2.47. The van der Waals surface area contributed by atoms with E-state index in [0.717, 1.165) is 44.9 Å². The molecule has 1 N–H and O–H groups in total. The lowest BCUT2D eigenvalue weighted by Gasteiger charge is -2.33. The van der Waals surface area contributed by atoms with Gasteiger partial charge in [-0.15, -0.1) is 0 Å². The SMILES string of the molecule is CCCC(=NO)N1CCN(C)CC1. The van der Waals surface area contributed by atoms with Crippen LogP contribution in [0.1, 0.15) is 19.8 Å². The Kier molecular flexibility index (Phi) is 4.02. The van der Waals surface area contributed by atoms with Crippen molar-refractivity contribution in [2.45, 2.75) is 19.8 Å². The minimum atomic E-state index is 0.843. The number of oxime groups is 1. The fourth-order valence-electron chi connectivity index (χ4n) is 1.56. The van der Waals surface area contributed by atoms with Gasteiger partial charge in [-0.2, -0.15) is 0 Å². The first-order chi connectivity index (χ1) is 6.27. The van der Waals surface area contributed by atoms with Crippen molar-refractivity contribution in [2.24, 2.45) is 5.16 Å². The molecule has 0 amide bonds. The third-order valence-electron chi connectivity index (χ3n) is 2.46. The lowest BCUT2D eigenvalue weighted by atomic mass is 10.2. The van der Waals surface area contributed by atoms with Gasteiger partial charge in [0.1, 0.15) is 5.84 Å². The highest BCUT2D eigenvalue weighted by Crippen LogP contribution is 2.04. The zero-order valence-electron chi connectivity index (χ0n) is 8.53. The molecule has 0 radical (unpaired) electrons. The Morgan fingerprint density at radius 3 is 2.38 bits per heavy atom. The van der Waals surface area contributed by atoms with E-state index in [9.17, 15) is 0 Å². The highest BCUT2D eigenvalue weighted by atomic mass is 16.4. The molecule has 0 atom stereocenters. The number of nitrogens with zero attached hydrogens (tertiary/aromatic N) is 3. The van der Waals surface area contributed by atoms with Crippen molar-refractivity contribution in [3.8, 4) is 0 Å². The highest BCUT2D eigenvalue weighted by molar-refractivity contribution is 5.81. The molecule has 1 aliphatic heterocycles. The normalized spacial score (nSPS) is 20.8. The van der Waals surface area contributed by atoms with Crippen LogP contribution in [0.15, 0.2) is 5.16 Å². The second kappa shape index (κ2) is 5.07. The van der Waals surface area contributed by atoms with Crippen molar-refractivity contribution in [3.63, 3.8) is 0 Å². The molecule has 13 heavy (non-hydrogen) atoms. The minimum absolute atomic E-state index is 0.843. The van der Waals surface area contributed by atoms with Crippen LogP contribution in [-0.2, 0) is 0 Å². The number of piperazine rings is 1. The molecule has 1 heterocycles. The zero-order chi connectivity index (χ0) is 9.68. The molecule has 0 aromatic carbocycles. The number of amidine groups is 1. The van der Waals surface area contributed by atoms with Crippen LogP contribution in [0.3, 0.4) is 0 Å². The van der Waals surface area contributed by atoms with Gasteiger partial charge in [0.15, 0.2) is 0 Å². The molecular formula is C9H19N3O. The zero-order valence-corrected chi connectivity index (χ0v) is 8.53. The van der Waals surface area contributed by atoms with E-state index in [1.165, 1.54) is 0 Å². The van der Waals surface area contributed by atoms with Crippen molar-refractivity contribution in [3.05, 3.63) is 0 Å². The lowest BCUT2D eigenvalue weighted by molar-refractivity contribution is 0.204. The topological polar surface area (TPSA) is 39.1 Å². The molecule has 0 aliphatic carbocycles.